The quantitative estimate of drug-likeness (QED) is 0.00460. The summed E-state index contributed by atoms with van der Waals surface area (Å²) < 4.78 is 172. The van der Waals surface area contributed by atoms with Crippen molar-refractivity contribution in [1.29, 1.82) is 0 Å². The first-order chi connectivity index (χ1) is 66.0. The fourth-order valence-electron chi connectivity index (χ4n) is 9.69. The van der Waals surface area contributed by atoms with Crippen LogP contribution >= 0.6 is 174 Å². The molecule has 0 aromatic heterocycles. The van der Waals surface area contributed by atoms with E-state index in [1.54, 1.807) is 105 Å². The maximum atomic E-state index is 12.0. The van der Waals surface area contributed by atoms with Crippen LogP contribution in [-0.2, 0) is 148 Å². The van der Waals surface area contributed by atoms with Crippen molar-refractivity contribution in [2.24, 2.45) is 0 Å². The molecular formula is C91H149B2Br5CuF6I6NaO31S2V-. The van der Waals surface area contributed by atoms with E-state index in [4.69, 9.17) is 66.0 Å². The average Bonchev–Trinajstić information content (AvgIpc) is 0.819. The van der Waals surface area contributed by atoms with Gasteiger partial charge in [-0.15, -0.1) is 47.3 Å². The van der Waals surface area contributed by atoms with Crippen molar-refractivity contribution in [2.75, 3.05) is 109 Å². The van der Waals surface area contributed by atoms with E-state index in [2.05, 4.69) is 258 Å². The van der Waals surface area contributed by atoms with Crippen LogP contribution in [0.2, 0.25) is 6.32 Å². The summed E-state index contributed by atoms with van der Waals surface area (Å²) in [5.41, 5.74) is 1.53. The van der Waals surface area contributed by atoms with Gasteiger partial charge in [-0.2, -0.15) is 43.2 Å². The zero-order chi connectivity index (χ0) is 114. The monoisotopic (exact) mass is 3230 g/mol. The number of methoxy groups -OCH3 is 2. The van der Waals surface area contributed by atoms with Gasteiger partial charge in [0.05, 0.1) is 73.2 Å². The summed E-state index contributed by atoms with van der Waals surface area (Å²) in [6.45, 7) is 44.6. The molecule has 0 atom stereocenters. The van der Waals surface area contributed by atoms with Gasteiger partial charge < -0.3 is 73.4 Å². The van der Waals surface area contributed by atoms with Crippen molar-refractivity contribution < 1.29 is 235 Å². The number of hydrogen-bond acceptors (Lipinski definition) is 30. The Kier molecular flexibility index (Phi) is 141. The van der Waals surface area contributed by atoms with E-state index in [9.17, 15) is 82.7 Å². The number of hydrogen-bond donors (Lipinski definition) is 4. The van der Waals surface area contributed by atoms with E-state index >= 15 is 0 Å². The number of aliphatic hydroxyl groups is 1. The molecule has 0 fully saturated rings. The first kappa shape index (κ1) is 181. The van der Waals surface area contributed by atoms with Crippen LogP contribution in [0, 0.1) is 69.2 Å². The number of alkyl halides is 6. The summed E-state index contributed by atoms with van der Waals surface area (Å²) in [6.07, 6.45) is 1.38. The van der Waals surface area contributed by atoms with Crippen LogP contribution in [0.25, 0.3) is 0 Å². The molecule has 55 heteroatoms. The second-order valence-corrected chi connectivity index (χ2v) is 87.8. The zero-order valence-electron chi connectivity index (χ0n) is 86.6. The Balaban J connectivity index is -0.0000000850. The van der Waals surface area contributed by atoms with Crippen LogP contribution in [0.3, 0.4) is 0 Å². The zero-order valence-corrected chi connectivity index (χ0v) is 112. The number of rotatable bonds is 26. The van der Waals surface area contributed by atoms with E-state index in [0.717, 1.165) is 51.6 Å². The van der Waals surface area contributed by atoms with E-state index in [-0.39, 0.29) is 134 Å². The molecule has 0 bridgehead atoms. The van der Waals surface area contributed by atoms with E-state index < -0.39 is 122 Å². The Bertz CT molecular complexity index is 3930. The molecule has 5 aromatic carbocycles. The topological polar surface area (TPSA) is 440 Å². The second-order valence-electron chi connectivity index (χ2n) is 25.9. The Morgan fingerprint density at radius 2 is 0.514 bits per heavy atom. The van der Waals surface area contributed by atoms with Gasteiger partial charge in [-0.1, -0.05) is 156 Å². The summed E-state index contributed by atoms with van der Waals surface area (Å²) in [5.74, 6) is -9.52. The predicted molar refractivity (Wildman–Crippen MR) is 612 cm³/mol. The van der Waals surface area contributed by atoms with Gasteiger partial charge in [-0.3, -0.25) is 56.7 Å². The van der Waals surface area contributed by atoms with Gasteiger partial charge in [0, 0.05) is 40.0 Å². The molecule has 0 unspecified atom stereocenters. The number of benzene rings is 5. The van der Waals surface area contributed by atoms with Crippen molar-refractivity contribution in [3.05, 3.63) is 173 Å². The third-order valence-electron chi connectivity index (χ3n) is 14.9. The van der Waals surface area contributed by atoms with Crippen LogP contribution < -0.4 is 42.8 Å². The van der Waals surface area contributed by atoms with E-state index in [1.165, 1.54) is 22.0 Å². The Labute approximate surface area is 1000 Å². The van der Waals surface area contributed by atoms with E-state index in [0.29, 0.717) is 48.9 Å². The minimum absolute atomic E-state index is 0. The third kappa shape index (κ3) is 95.3. The molecule has 854 valence electrons. The van der Waals surface area contributed by atoms with Crippen molar-refractivity contribution in [1.82, 2.24) is 0 Å². The maximum Gasteiger partial charge on any atom is 1.00 e. The molecule has 31 nitrogen and oxygen atoms in total. The molecule has 0 amide bonds. The Morgan fingerprint density at radius 1 is 0.390 bits per heavy atom. The first-order valence-electron chi connectivity index (χ1n) is 41.8. The van der Waals surface area contributed by atoms with Crippen LogP contribution in [0.5, 0.6) is 0 Å². The van der Waals surface area contributed by atoms with Gasteiger partial charge in [-0.05, 0) is 223 Å². The molecule has 0 aliphatic carbocycles. The van der Waals surface area contributed by atoms with Gasteiger partial charge >= 0.3 is 274 Å². The van der Waals surface area contributed by atoms with Gasteiger partial charge in [0.25, 0.3) is 0 Å². The number of carbonyl (C=O) groups excluding carboxylic acids is 10. The summed E-state index contributed by atoms with van der Waals surface area (Å²) in [7, 11) is -4.34. The molecule has 0 saturated carbocycles. The largest absolute Gasteiger partial charge is 1.00 e. The summed E-state index contributed by atoms with van der Waals surface area (Å²) >= 11 is 32.0. The molecule has 0 saturated heterocycles. The van der Waals surface area contributed by atoms with Crippen molar-refractivity contribution in [3.8, 4) is 0 Å². The molecular weight excluding hydrogens is 3090 g/mol. The van der Waals surface area contributed by atoms with Crippen molar-refractivity contribution >= 4 is 265 Å². The molecule has 0 aliphatic rings. The number of aryl methyl sites for hydroxylation is 10. The molecule has 0 radical (unpaired) electrons. The van der Waals surface area contributed by atoms with Crippen molar-refractivity contribution in [3.63, 3.8) is 0 Å². The molecule has 5 rings (SSSR count). The average molecular weight is 3240 g/mol. The number of halogens is 17. The fraction of sp³-hybridized carbons (Fsp3) is 0.560. The van der Waals surface area contributed by atoms with Gasteiger partial charge in [0.2, 0.25) is 0 Å². The summed E-state index contributed by atoms with van der Waals surface area (Å²) in [6, 6.07) is 28.8. The molecule has 5 aromatic rings. The van der Waals surface area contributed by atoms with Crippen LogP contribution in [0.15, 0.2) is 95.5 Å². The minimum Gasteiger partial charge on any atom is 1.00 e. The maximum absolute atomic E-state index is 12.0. The minimum atomic E-state index is -5.84. The van der Waals surface area contributed by atoms with E-state index in [1.807, 2.05) is 128 Å². The van der Waals surface area contributed by atoms with Gasteiger partial charge in [0.15, 0.2) is 23.7 Å². The first-order valence-corrected chi connectivity index (χ1v) is 76.6. The van der Waals surface area contributed by atoms with Crippen LogP contribution in [0.1, 0.15) is 228 Å². The SMILES string of the molecule is BrB(Br)Br.C.C.C.CCB(O)O.CCC.CCOC(=O)C(C(=O)OCC)c1c(C)cccc1C.CCOC(=O)C(C(=O)OCC)c1c(C)cccc1C.CCOC(=O)C(C(=O)OCC)c1c(C)cccc1C.CCOC(=O)C(C(=O)OCC)c1c(C)cccc1C.CCOC(=O)CC(=O)OCC.CO.COC.COC.COS(=O)(=O)C(F)(F)F.Cc1cccc(C)c1Br.I[I-]I.O=S(=O)(O)C(F)(F)F.[Cu][Br].[H-].[I][V]([I])[I].[Na+]. The number of aliphatic hydroxyl groups excluding tert-OH is 1. The number of carbonyl (C=O) groups is 10. The van der Waals surface area contributed by atoms with Gasteiger partial charge in [-0.25, -0.2) is 0 Å². The molecule has 4 N–H and O–H groups in total. The predicted octanol–water partition coefficient (Wildman–Crippen LogP) is 19.0. The Hall–Kier alpha value is -0.986. The number of esters is 10. The standard InChI is InChI=1S/4C15H20O4.C8H9Br.C7H12O4.C3H8.C2H7BO2.C2H3F3O3S.2C2H6O.CHF3O3S.CH4O.3CH4.BBr3.BrH.Cu.I3.3HI.Na.V.H/c4*1-5-18-14(16)13(15(17)19-6-2)12-10(3)8-7-9-11(12)4;1-6-4-3-5-7(2)8(6)9;1-3-10-6(8)5-7(9)11-4-2;1-3-2;1-2-3(4)5;1-8-9(6,7)2(3,4)5;2*1-3-2;2-1(3,4)8(5,6)7;1-2;;;;2-1(3)4;;;1-3-2;;;;;;/h4*7-9,13H,5-6H2,1-4H3;3-5H,1-2H3;3-5H2,1-2H3;3H2,1-2H3;4-5H,2H2,1H3;1H3;2*1-2H3;(H,5,6,7);2H,1H3;3*1H4;;1H;;;3*1H;;;/q;;;;;;;;;;;;;;;;;;+1;-1;;;;+1;+3;-1/p-4. The molecule has 146 heavy (non-hydrogen) atoms. The fourth-order valence-corrected chi connectivity index (χ4v) is 10.1. The Morgan fingerprint density at radius 3 is 0.596 bits per heavy atom. The van der Waals surface area contributed by atoms with Crippen LogP contribution in [0.4, 0.5) is 26.3 Å². The van der Waals surface area contributed by atoms with Gasteiger partial charge in [0.1, 0.15) is 6.42 Å². The summed E-state index contributed by atoms with van der Waals surface area (Å²) in [4.78, 5) is 117. The van der Waals surface area contributed by atoms with Crippen molar-refractivity contribution in [2.45, 2.75) is 235 Å². The molecule has 0 heterocycles. The smallest absolute Gasteiger partial charge is 1.00 e. The number of ether oxygens (including phenoxy) is 12. The van der Waals surface area contributed by atoms with Crippen LogP contribution in [-0.4, -0.2) is 226 Å². The second kappa shape index (κ2) is 114. The molecule has 0 aliphatic heterocycles. The normalized spacial score (nSPS) is 9.59. The molecule has 0 spiro atoms. The third-order valence-corrected chi connectivity index (χ3v) is 17.8. The summed E-state index contributed by atoms with van der Waals surface area (Å²) in [5, 5.41) is 22.8.